The molecule has 0 heterocycles. The van der Waals surface area contributed by atoms with E-state index >= 15 is 0 Å². The Morgan fingerprint density at radius 1 is 1.25 bits per heavy atom. The normalized spacial score (nSPS) is 10.3. The van der Waals surface area contributed by atoms with Crippen LogP contribution in [0.4, 0.5) is 11.4 Å². The Bertz CT molecular complexity index is 762. The van der Waals surface area contributed by atoms with E-state index in [0.717, 1.165) is 10.0 Å². The van der Waals surface area contributed by atoms with Crippen LogP contribution in [0, 0.1) is 10.1 Å². The maximum atomic E-state index is 12.0. The first-order valence-corrected chi connectivity index (χ1v) is 8.16. The first kappa shape index (κ1) is 17.9. The summed E-state index contributed by atoms with van der Waals surface area (Å²) in [6, 6.07) is 12.2. The minimum absolute atomic E-state index is 0.0368. The third-order valence-corrected chi connectivity index (χ3v) is 3.96. The van der Waals surface area contributed by atoms with Crippen molar-refractivity contribution in [3.63, 3.8) is 0 Å². The van der Waals surface area contributed by atoms with Gasteiger partial charge in [-0.1, -0.05) is 28.1 Å². The number of carbonyl (C=O) groups excluding carboxylic acids is 1. The lowest BCUT2D eigenvalue weighted by molar-refractivity contribution is -0.384. The van der Waals surface area contributed by atoms with Crippen molar-refractivity contribution in [2.24, 2.45) is 0 Å². The molecule has 0 saturated heterocycles. The van der Waals surface area contributed by atoms with Crippen LogP contribution in [-0.2, 0) is 6.42 Å². The van der Waals surface area contributed by atoms with Gasteiger partial charge in [-0.3, -0.25) is 14.9 Å². The second-order valence-electron chi connectivity index (χ2n) is 5.50. The third kappa shape index (κ3) is 4.55. The van der Waals surface area contributed by atoms with Gasteiger partial charge in [0.2, 0.25) is 0 Å². The first-order chi connectivity index (χ1) is 11.4. The molecule has 2 aromatic carbocycles. The van der Waals surface area contributed by atoms with Crippen molar-refractivity contribution in [1.82, 2.24) is 4.90 Å². The van der Waals surface area contributed by atoms with Gasteiger partial charge in [0.05, 0.1) is 4.92 Å². The molecule has 0 aromatic heterocycles. The maximum absolute atomic E-state index is 12.0. The summed E-state index contributed by atoms with van der Waals surface area (Å²) in [7, 11) is 3.42. The zero-order valence-corrected chi connectivity index (χ0v) is 15.0. The Morgan fingerprint density at radius 2 is 2.00 bits per heavy atom. The number of anilines is 1. The predicted octanol–water partition coefficient (Wildman–Crippen LogP) is 3.71. The lowest BCUT2D eigenvalue weighted by atomic mass is 10.1. The number of nitrogens with one attached hydrogen (secondary N) is 1. The number of hydrogen-bond acceptors (Lipinski definition) is 4. The number of carbonyl (C=O) groups is 1. The SMILES string of the molecule is CN(C)C(=O)c1cccc(CCNc2cc(Br)ccc2[N+](=O)[O-])c1. The fourth-order valence-electron chi connectivity index (χ4n) is 2.27. The molecule has 1 amide bonds. The molecular weight excluding hydrogens is 374 g/mol. The number of rotatable bonds is 6. The molecule has 0 aliphatic heterocycles. The Kier molecular flexibility index (Phi) is 5.92. The van der Waals surface area contributed by atoms with Crippen molar-refractivity contribution < 1.29 is 9.72 Å². The molecule has 0 aliphatic carbocycles. The van der Waals surface area contributed by atoms with E-state index in [1.54, 1.807) is 32.3 Å². The van der Waals surface area contributed by atoms with Gasteiger partial charge in [-0.15, -0.1) is 0 Å². The summed E-state index contributed by atoms with van der Waals surface area (Å²) >= 11 is 3.32. The smallest absolute Gasteiger partial charge is 0.292 e. The van der Waals surface area contributed by atoms with Gasteiger partial charge >= 0.3 is 0 Å². The van der Waals surface area contributed by atoms with Gasteiger partial charge in [-0.25, -0.2) is 0 Å². The molecule has 0 bridgehead atoms. The summed E-state index contributed by atoms with van der Waals surface area (Å²) in [5.41, 5.74) is 2.13. The van der Waals surface area contributed by atoms with Gasteiger partial charge < -0.3 is 10.2 Å². The van der Waals surface area contributed by atoms with Crippen molar-refractivity contribution in [3.8, 4) is 0 Å². The number of nitro groups is 1. The standard InChI is InChI=1S/C17H18BrN3O3/c1-20(2)17(22)13-5-3-4-12(10-13)8-9-19-15-11-14(18)6-7-16(15)21(23)24/h3-7,10-11,19H,8-9H2,1-2H3. The van der Waals surface area contributed by atoms with E-state index in [-0.39, 0.29) is 11.6 Å². The topological polar surface area (TPSA) is 75.5 Å². The highest BCUT2D eigenvalue weighted by molar-refractivity contribution is 9.10. The zero-order valence-electron chi connectivity index (χ0n) is 13.5. The molecule has 0 atom stereocenters. The maximum Gasteiger partial charge on any atom is 0.292 e. The number of halogens is 1. The minimum Gasteiger partial charge on any atom is -0.379 e. The van der Waals surface area contributed by atoms with Crippen LogP contribution < -0.4 is 5.32 Å². The van der Waals surface area contributed by atoms with E-state index in [1.807, 2.05) is 18.2 Å². The Hall–Kier alpha value is -2.41. The molecule has 126 valence electrons. The van der Waals surface area contributed by atoms with Crippen molar-refractivity contribution in [2.45, 2.75) is 6.42 Å². The van der Waals surface area contributed by atoms with Crippen LogP contribution in [-0.4, -0.2) is 36.4 Å². The lowest BCUT2D eigenvalue weighted by Crippen LogP contribution is -2.21. The second kappa shape index (κ2) is 7.92. The summed E-state index contributed by atoms with van der Waals surface area (Å²) in [6.45, 7) is 0.525. The number of nitro benzene ring substituents is 1. The van der Waals surface area contributed by atoms with E-state index in [9.17, 15) is 14.9 Å². The molecule has 0 unspecified atom stereocenters. The van der Waals surface area contributed by atoms with E-state index in [2.05, 4.69) is 21.2 Å². The van der Waals surface area contributed by atoms with Crippen LogP contribution in [0.5, 0.6) is 0 Å². The summed E-state index contributed by atoms with van der Waals surface area (Å²) in [5, 5.41) is 14.1. The summed E-state index contributed by atoms with van der Waals surface area (Å²) in [5.74, 6) is -0.0487. The molecular formula is C17H18BrN3O3. The molecule has 7 heteroatoms. The third-order valence-electron chi connectivity index (χ3n) is 3.46. The fourth-order valence-corrected chi connectivity index (χ4v) is 2.63. The van der Waals surface area contributed by atoms with E-state index in [4.69, 9.17) is 0 Å². The van der Waals surface area contributed by atoms with Gasteiger partial charge in [0.1, 0.15) is 5.69 Å². The number of benzene rings is 2. The monoisotopic (exact) mass is 391 g/mol. The molecule has 0 radical (unpaired) electrons. The molecule has 6 nitrogen and oxygen atoms in total. The molecule has 2 aromatic rings. The molecule has 0 saturated carbocycles. The van der Waals surface area contributed by atoms with Gasteiger partial charge in [-0.2, -0.15) is 0 Å². The van der Waals surface area contributed by atoms with Crippen LogP contribution in [0.3, 0.4) is 0 Å². The predicted molar refractivity (Wildman–Crippen MR) is 97.4 cm³/mol. The number of hydrogen-bond donors (Lipinski definition) is 1. The van der Waals surface area contributed by atoms with Gasteiger partial charge in [0.15, 0.2) is 0 Å². The molecule has 24 heavy (non-hydrogen) atoms. The Morgan fingerprint density at radius 3 is 2.67 bits per heavy atom. The average Bonchev–Trinajstić information content (AvgIpc) is 2.54. The van der Waals surface area contributed by atoms with E-state index in [1.165, 1.54) is 11.0 Å². The quantitative estimate of drug-likeness (QED) is 0.601. The van der Waals surface area contributed by atoms with Gasteiger partial charge in [0, 0.05) is 36.7 Å². The highest BCUT2D eigenvalue weighted by Gasteiger charge is 2.13. The van der Waals surface area contributed by atoms with Crippen LogP contribution >= 0.6 is 15.9 Å². The highest BCUT2D eigenvalue weighted by atomic mass is 79.9. The second-order valence-corrected chi connectivity index (χ2v) is 6.41. The van der Waals surface area contributed by atoms with Crippen molar-refractivity contribution in [2.75, 3.05) is 26.0 Å². The molecule has 1 N–H and O–H groups in total. The highest BCUT2D eigenvalue weighted by Crippen LogP contribution is 2.27. The van der Waals surface area contributed by atoms with Crippen molar-refractivity contribution in [1.29, 1.82) is 0 Å². The largest absolute Gasteiger partial charge is 0.379 e. The van der Waals surface area contributed by atoms with Gasteiger partial charge in [-0.05, 0) is 36.2 Å². The van der Waals surface area contributed by atoms with Crippen molar-refractivity contribution >= 4 is 33.2 Å². The molecule has 0 spiro atoms. The van der Waals surface area contributed by atoms with Gasteiger partial charge in [0.25, 0.3) is 11.6 Å². The lowest BCUT2D eigenvalue weighted by Gasteiger charge is -2.12. The Labute approximate surface area is 148 Å². The minimum atomic E-state index is -0.412. The molecule has 0 aliphatic rings. The van der Waals surface area contributed by atoms with Crippen LogP contribution in [0.2, 0.25) is 0 Å². The Balaban J connectivity index is 2.05. The molecule has 2 rings (SSSR count). The van der Waals surface area contributed by atoms with Crippen LogP contribution in [0.1, 0.15) is 15.9 Å². The number of amides is 1. The van der Waals surface area contributed by atoms with E-state index in [0.29, 0.717) is 24.2 Å². The summed E-state index contributed by atoms with van der Waals surface area (Å²) < 4.78 is 0.772. The number of nitrogens with zero attached hydrogens (tertiary/aromatic N) is 2. The van der Waals surface area contributed by atoms with Crippen molar-refractivity contribution in [3.05, 3.63) is 68.2 Å². The fraction of sp³-hybridized carbons (Fsp3) is 0.235. The first-order valence-electron chi connectivity index (χ1n) is 7.37. The summed E-state index contributed by atoms with van der Waals surface area (Å²) in [6.07, 6.45) is 0.651. The zero-order chi connectivity index (χ0) is 17.7. The van der Waals surface area contributed by atoms with Crippen LogP contribution in [0.25, 0.3) is 0 Å². The van der Waals surface area contributed by atoms with Crippen LogP contribution in [0.15, 0.2) is 46.9 Å². The average molecular weight is 392 g/mol. The molecule has 0 fully saturated rings. The van der Waals surface area contributed by atoms with E-state index < -0.39 is 4.92 Å². The summed E-state index contributed by atoms with van der Waals surface area (Å²) in [4.78, 5) is 24.2.